The topological polar surface area (TPSA) is 105 Å². The lowest BCUT2D eigenvalue weighted by atomic mass is 10.1. The van der Waals surface area contributed by atoms with E-state index < -0.39 is 30.1 Å². The Morgan fingerprint density at radius 2 is 1.59 bits per heavy atom. The first kappa shape index (κ1) is 24.4. The lowest BCUT2D eigenvalue weighted by molar-refractivity contribution is -0.153. The van der Waals surface area contributed by atoms with Gasteiger partial charge in [-0.25, -0.2) is 14.4 Å². The van der Waals surface area contributed by atoms with Crippen molar-refractivity contribution >= 4 is 18.0 Å². The van der Waals surface area contributed by atoms with Crippen LogP contribution in [0, 0.1) is 5.92 Å². The third kappa shape index (κ3) is 8.95. The Morgan fingerprint density at radius 3 is 2.14 bits per heavy atom. The van der Waals surface area contributed by atoms with Gasteiger partial charge in [-0.05, 0) is 25.3 Å². The number of benzene rings is 1. The number of rotatable bonds is 11. The van der Waals surface area contributed by atoms with E-state index in [2.05, 4.69) is 5.32 Å². The summed E-state index contributed by atoms with van der Waals surface area (Å²) in [5.74, 6) is -1.24. The normalized spacial score (nSPS) is 12.8. The highest BCUT2D eigenvalue weighted by Crippen LogP contribution is 2.08. The number of hydrogen-bond acceptors (Lipinski definition) is 6. The summed E-state index contributed by atoms with van der Waals surface area (Å²) in [6.07, 6.45) is -1.20. The second-order valence-corrected chi connectivity index (χ2v) is 7.01. The first-order valence-corrected chi connectivity index (χ1v) is 9.89. The fraction of sp³-hybridized carbons (Fsp3) is 0.571. The number of carbonyl (C=O) groups is 3. The zero-order chi connectivity index (χ0) is 21.8. The largest absolute Gasteiger partial charge is 0.464 e. The van der Waals surface area contributed by atoms with Crippen molar-refractivity contribution in [3.63, 3.8) is 0 Å². The number of amides is 2. The molecule has 0 saturated carbocycles. The zero-order valence-corrected chi connectivity index (χ0v) is 17.6. The molecule has 8 nitrogen and oxygen atoms in total. The van der Waals surface area contributed by atoms with Gasteiger partial charge in [0.25, 0.3) is 0 Å². The molecule has 0 bridgehead atoms. The molecule has 0 heterocycles. The Kier molecular flexibility index (Phi) is 10.8. The summed E-state index contributed by atoms with van der Waals surface area (Å²) in [6, 6.07) is 7.82. The van der Waals surface area contributed by atoms with Gasteiger partial charge in [0.15, 0.2) is 6.10 Å². The van der Waals surface area contributed by atoms with Crippen molar-refractivity contribution in [1.29, 1.82) is 0 Å². The van der Waals surface area contributed by atoms with Crippen LogP contribution in [0.25, 0.3) is 0 Å². The van der Waals surface area contributed by atoms with Crippen LogP contribution in [0.15, 0.2) is 30.3 Å². The van der Waals surface area contributed by atoms with Gasteiger partial charge in [0.05, 0.1) is 19.8 Å². The highest BCUT2D eigenvalue weighted by atomic mass is 16.5. The minimum atomic E-state index is -1.46. The van der Waals surface area contributed by atoms with Gasteiger partial charge >= 0.3 is 18.0 Å². The molecule has 1 aromatic rings. The van der Waals surface area contributed by atoms with Crippen LogP contribution >= 0.6 is 0 Å². The monoisotopic (exact) mass is 408 g/mol. The fourth-order valence-electron chi connectivity index (χ4n) is 2.73. The zero-order valence-electron chi connectivity index (χ0n) is 17.6. The molecule has 0 aliphatic carbocycles. The van der Waals surface area contributed by atoms with Crippen LogP contribution < -0.4 is 5.32 Å². The van der Waals surface area contributed by atoms with Gasteiger partial charge in [0.1, 0.15) is 6.04 Å². The van der Waals surface area contributed by atoms with E-state index in [0.717, 1.165) is 5.56 Å². The van der Waals surface area contributed by atoms with Gasteiger partial charge < -0.3 is 24.8 Å². The van der Waals surface area contributed by atoms with Crippen molar-refractivity contribution in [3.05, 3.63) is 35.9 Å². The summed E-state index contributed by atoms with van der Waals surface area (Å²) in [4.78, 5) is 38.3. The van der Waals surface area contributed by atoms with Crippen molar-refractivity contribution in [3.8, 4) is 0 Å². The van der Waals surface area contributed by atoms with Gasteiger partial charge in [0.2, 0.25) is 0 Å². The maximum Gasteiger partial charge on any atom is 0.336 e. The third-order valence-corrected chi connectivity index (χ3v) is 3.98. The van der Waals surface area contributed by atoms with Crippen LogP contribution in [0.3, 0.4) is 0 Å². The number of nitrogens with one attached hydrogen (secondary N) is 1. The summed E-state index contributed by atoms with van der Waals surface area (Å²) >= 11 is 0. The van der Waals surface area contributed by atoms with Crippen LogP contribution in [-0.2, 0) is 25.5 Å². The highest BCUT2D eigenvalue weighted by molar-refractivity contribution is 5.84. The highest BCUT2D eigenvalue weighted by Gasteiger charge is 2.28. The van der Waals surface area contributed by atoms with E-state index in [1.165, 1.54) is 4.90 Å². The van der Waals surface area contributed by atoms with E-state index in [1.54, 1.807) is 13.8 Å². The molecule has 162 valence electrons. The van der Waals surface area contributed by atoms with Crippen LogP contribution in [0.2, 0.25) is 0 Å². The van der Waals surface area contributed by atoms with Crippen LogP contribution in [-0.4, -0.2) is 66.4 Å². The molecule has 2 N–H and O–H groups in total. The number of hydrogen-bond donors (Lipinski definition) is 2. The Hall–Kier alpha value is -2.61. The molecule has 1 rings (SSSR count). The summed E-state index contributed by atoms with van der Waals surface area (Å²) in [7, 11) is 0. The number of esters is 2. The van der Waals surface area contributed by atoms with E-state index in [9.17, 15) is 19.5 Å². The van der Waals surface area contributed by atoms with E-state index >= 15 is 0 Å². The Balaban J connectivity index is 2.91. The molecule has 0 fully saturated rings. The van der Waals surface area contributed by atoms with Crippen molar-refractivity contribution in [2.45, 2.75) is 46.3 Å². The standard InChI is InChI=1S/C21H32N2O6/c1-5-28-19(25)17(12-16-10-8-7-9-11-16)22-21(27)23(13-15(3)4)14-18(24)20(26)29-6-2/h7-11,15,17-18,24H,5-6,12-14H2,1-4H3,(H,22,27). The minimum absolute atomic E-state index is 0.0883. The number of carbonyl (C=O) groups excluding carboxylic acids is 3. The average molecular weight is 408 g/mol. The van der Waals surface area contributed by atoms with E-state index in [0.29, 0.717) is 6.54 Å². The maximum atomic E-state index is 12.8. The van der Waals surface area contributed by atoms with Crippen LogP contribution in [0.1, 0.15) is 33.3 Å². The average Bonchev–Trinajstić information content (AvgIpc) is 2.67. The SMILES string of the molecule is CCOC(=O)C(O)CN(CC(C)C)C(=O)NC(Cc1ccccc1)C(=O)OCC. The van der Waals surface area contributed by atoms with E-state index in [-0.39, 0.29) is 32.1 Å². The van der Waals surface area contributed by atoms with Gasteiger partial charge in [-0.3, -0.25) is 0 Å². The molecule has 8 heteroatoms. The molecule has 0 aliphatic rings. The number of aliphatic hydroxyl groups is 1. The molecule has 0 aliphatic heterocycles. The molecule has 2 unspecified atom stereocenters. The number of ether oxygens (including phenoxy) is 2. The minimum Gasteiger partial charge on any atom is -0.464 e. The molecular weight excluding hydrogens is 376 g/mol. The van der Waals surface area contributed by atoms with Crippen molar-refractivity contribution < 1.29 is 29.0 Å². The molecule has 0 radical (unpaired) electrons. The summed E-state index contributed by atoms with van der Waals surface area (Å²) in [6.45, 7) is 7.53. The van der Waals surface area contributed by atoms with Crippen molar-refractivity contribution in [2.75, 3.05) is 26.3 Å². The number of aliphatic hydroxyl groups excluding tert-OH is 1. The molecule has 0 saturated heterocycles. The van der Waals surface area contributed by atoms with Crippen LogP contribution in [0.5, 0.6) is 0 Å². The first-order chi connectivity index (χ1) is 13.8. The molecule has 1 aromatic carbocycles. The van der Waals surface area contributed by atoms with Gasteiger partial charge in [-0.2, -0.15) is 0 Å². The lowest BCUT2D eigenvalue weighted by Crippen LogP contribution is -2.52. The third-order valence-electron chi connectivity index (χ3n) is 3.98. The predicted octanol–water partition coefficient (Wildman–Crippen LogP) is 1.75. The Labute approximate surface area is 172 Å². The Bertz CT molecular complexity index is 650. The second-order valence-electron chi connectivity index (χ2n) is 7.01. The van der Waals surface area contributed by atoms with Gasteiger partial charge in [0, 0.05) is 13.0 Å². The number of nitrogens with zero attached hydrogens (tertiary/aromatic N) is 1. The molecule has 29 heavy (non-hydrogen) atoms. The molecule has 0 spiro atoms. The summed E-state index contributed by atoms with van der Waals surface area (Å²) in [5.41, 5.74) is 0.868. The molecule has 0 aromatic heterocycles. The van der Waals surface area contributed by atoms with Crippen LogP contribution in [0.4, 0.5) is 4.79 Å². The van der Waals surface area contributed by atoms with Crippen molar-refractivity contribution in [1.82, 2.24) is 10.2 Å². The smallest absolute Gasteiger partial charge is 0.336 e. The predicted molar refractivity (Wildman–Crippen MR) is 108 cm³/mol. The van der Waals surface area contributed by atoms with Gasteiger partial charge in [-0.1, -0.05) is 44.2 Å². The Morgan fingerprint density at radius 1 is 1.00 bits per heavy atom. The fourth-order valence-corrected chi connectivity index (χ4v) is 2.73. The quantitative estimate of drug-likeness (QED) is 0.541. The molecule has 2 amide bonds. The van der Waals surface area contributed by atoms with Crippen molar-refractivity contribution in [2.24, 2.45) is 5.92 Å². The molecule has 2 atom stereocenters. The molecular formula is C21H32N2O6. The maximum absolute atomic E-state index is 12.8. The first-order valence-electron chi connectivity index (χ1n) is 9.89. The summed E-state index contributed by atoms with van der Waals surface area (Å²) < 4.78 is 9.89. The van der Waals surface area contributed by atoms with E-state index in [4.69, 9.17) is 9.47 Å². The van der Waals surface area contributed by atoms with E-state index in [1.807, 2.05) is 44.2 Å². The lowest BCUT2D eigenvalue weighted by Gasteiger charge is -2.28. The summed E-state index contributed by atoms with van der Waals surface area (Å²) in [5, 5.41) is 12.7. The second kappa shape index (κ2) is 12.8. The number of urea groups is 1. The van der Waals surface area contributed by atoms with Gasteiger partial charge in [-0.15, -0.1) is 0 Å².